The number of carbonyl (C=O) groups excluding carboxylic acids is 2. The second-order valence-electron chi connectivity index (χ2n) is 12.2. The number of pyridine rings is 2. The van der Waals surface area contributed by atoms with E-state index < -0.39 is 35.7 Å². The van der Waals surface area contributed by atoms with Crippen LogP contribution in [0.15, 0.2) is 85.5 Å². The number of aromatic nitrogens is 6. The van der Waals surface area contributed by atoms with E-state index in [0.29, 0.717) is 22.8 Å². The fourth-order valence-electron chi connectivity index (χ4n) is 5.06. The van der Waals surface area contributed by atoms with Gasteiger partial charge in [0.25, 0.3) is 11.8 Å². The number of ether oxygens (including phenoxy) is 2. The molecule has 20 heteroatoms. The Hall–Kier alpha value is -5.94. The van der Waals surface area contributed by atoms with E-state index in [0.717, 1.165) is 6.07 Å². The van der Waals surface area contributed by atoms with E-state index in [1.54, 1.807) is 69.5 Å². The minimum atomic E-state index is -0.765. The number of carbonyl (C=O) groups is 2. The van der Waals surface area contributed by atoms with Gasteiger partial charge in [-0.15, -0.1) is 20.4 Å². The smallest absolute Gasteiger partial charge is 0.276 e. The maximum Gasteiger partial charge on any atom is 0.276 e. The maximum atomic E-state index is 13.9. The first-order valence-corrected chi connectivity index (χ1v) is 18.4. The number of nitrogens with one attached hydrogen (secondary N) is 2. The second kappa shape index (κ2) is 19.5. The third-order valence-electron chi connectivity index (χ3n) is 7.87. The number of halogens is 6. The van der Waals surface area contributed by atoms with Gasteiger partial charge in [0.15, 0.2) is 34.5 Å². The van der Waals surface area contributed by atoms with E-state index in [2.05, 4.69) is 41.0 Å². The summed E-state index contributed by atoms with van der Waals surface area (Å²) in [7, 11) is 3.50. The molecule has 0 aliphatic rings. The van der Waals surface area contributed by atoms with Crippen molar-refractivity contribution >= 4 is 81.2 Å². The number of nitrogens with two attached hydrogens (primary N) is 1. The summed E-state index contributed by atoms with van der Waals surface area (Å²) in [6.45, 7) is 3.28. The molecule has 2 unspecified atom stereocenters. The van der Waals surface area contributed by atoms with E-state index in [9.17, 15) is 18.4 Å². The number of amides is 2. The molecule has 6 rings (SSSR count). The third kappa shape index (κ3) is 10.7. The molecular weight excluding hydrogens is 840 g/mol. The zero-order valence-electron chi connectivity index (χ0n) is 30.8. The molecule has 0 aliphatic heterocycles. The van der Waals surface area contributed by atoms with Crippen LogP contribution >= 0.6 is 46.4 Å². The van der Waals surface area contributed by atoms with Crippen molar-refractivity contribution in [2.45, 2.75) is 26.1 Å². The molecule has 4 aromatic heterocycles. The van der Waals surface area contributed by atoms with Gasteiger partial charge in [-0.05, 0) is 62.4 Å². The fourth-order valence-corrected chi connectivity index (χ4v) is 6.41. The average Bonchev–Trinajstić information content (AvgIpc) is 3.19. The Bertz CT molecular complexity index is 2420. The first-order valence-electron chi connectivity index (χ1n) is 16.9. The lowest BCUT2D eigenvalue weighted by molar-refractivity contribution is 0.101. The van der Waals surface area contributed by atoms with Crippen LogP contribution in [-0.2, 0) is 0 Å². The van der Waals surface area contributed by atoms with Crippen molar-refractivity contribution in [1.29, 1.82) is 0 Å². The van der Waals surface area contributed by atoms with Crippen molar-refractivity contribution in [3.8, 4) is 11.5 Å². The summed E-state index contributed by atoms with van der Waals surface area (Å²) in [4.78, 5) is 34.4. The quantitative estimate of drug-likeness (QED) is 0.105. The molecule has 0 fully saturated rings. The van der Waals surface area contributed by atoms with Crippen molar-refractivity contribution in [2.24, 2.45) is 0 Å². The van der Waals surface area contributed by atoms with E-state index in [4.69, 9.17) is 61.6 Å². The van der Waals surface area contributed by atoms with E-state index in [-0.39, 0.29) is 54.4 Å². The molecule has 4 N–H and O–H groups in total. The fraction of sp³-hybridized carbons (Fsp3) is 0.158. The molecule has 4 heterocycles. The minimum absolute atomic E-state index is 0.0235. The van der Waals surface area contributed by atoms with E-state index >= 15 is 0 Å². The van der Waals surface area contributed by atoms with Crippen LogP contribution in [0.2, 0.25) is 20.1 Å². The van der Waals surface area contributed by atoms with Crippen LogP contribution in [0.25, 0.3) is 0 Å². The van der Waals surface area contributed by atoms with Gasteiger partial charge in [-0.25, -0.2) is 8.78 Å². The maximum absolute atomic E-state index is 13.9. The second-order valence-corrected chi connectivity index (χ2v) is 13.8. The molecule has 0 saturated carbocycles. The molecular formula is C38H32Cl4F2N10O4. The highest BCUT2D eigenvalue weighted by Crippen LogP contribution is 2.38. The molecule has 0 saturated heterocycles. The van der Waals surface area contributed by atoms with Gasteiger partial charge in [0.1, 0.15) is 23.8 Å². The average molecular weight is 873 g/mol. The molecule has 6 aromatic rings. The number of anilines is 4. The SMILES string of the molecule is CC(Oc1cc(C(=O)Nc2ccncc2)nnc1N(C)C)c1c(Cl)ccc(F)c1Cl.CC(Oc1cc(C(=O)Nc2ccncc2)nnc1N)c1c(Cl)ccc(F)c1Cl. The molecule has 14 nitrogen and oxygen atoms in total. The lowest BCUT2D eigenvalue weighted by Gasteiger charge is -2.22. The molecule has 58 heavy (non-hydrogen) atoms. The summed E-state index contributed by atoms with van der Waals surface area (Å²) in [5, 5.41) is 21.1. The lowest BCUT2D eigenvalue weighted by atomic mass is 10.1. The van der Waals surface area contributed by atoms with Gasteiger partial charge in [0, 0.05) is 83.6 Å². The van der Waals surface area contributed by atoms with Crippen molar-refractivity contribution in [1.82, 2.24) is 30.4 Å². The van der Waals surface area contributed by atoms with Crippen LogP contribution in [0, 0.1) is 11.6 Å². The number of nitrogens with zero attached hydrogens (tertiary/aromatic N) is 7. The lowest BCUT2D eigenvalue weighted by Crippen LogP contribution is -2.19. The first-order chi connectivity index (χ1) is 27.6. The Morgan fingerprint density at radius 1 is 0.655 bits per heavy atom. The monoisotopic (exact) mass is 870 g/mol. The Balaban J connectivity index is 0.000000221. The van der Waals surface area contributed by atoms with Gasteiger partial charge >= 0.3 is 0 Å². The molecule has 300 valence electrons. The molecule has 2 atom stereocenters. The highest BCUT2D eigenvalue weighted by molar-refractivity contribution is 6.36. The van der Waals surface area contributed by atoms with Crippen LogP contribution in [0.5, 0.6) is 11.5 Å². The van der Waals surface area contributed by atoms with Gasteiger partial charge in [-0.2, -0.15) is 0 Å². The zero-order chi connectivity index (χ0) is 42.1. The summed E-state index contributed by atoms with van der Waals surface area (Å²) in [5.74, 6) is -1.55. The molecule has 2 aromatic carbocycles. The number of hydrogen-bond acceptors (Lipinski definition) is 12. The molecule has 0 radical (unpaired) electrons. The summed E-state index contributed by atoms with van der Waals surface area (Å²) in [6, 6.07) is 14.4. The topological polar surface area (TPSA) is 183 Å². The zero-order valence-corrected chi connectivity index (χ0v) is 33.9. The Morgan fingerprint density at radius 2 is 1.07 bits per heavy atom. The number of nitrogen functional groups attached to an aromatic ring is 1. The Kier molecular flexibility index (Phi) is 14.5. The number of rotatable bonds is 11. The Morgan fingerprint density at radius 3 is 1.52 bits per heavy atom. The highest BCUT2D eigenvalue weighted by atomic mass is 35.5. The van der Waals surface area contributed by atoms with Gasteiger partial charge in [0.2, 0.25) is 0 Å². The van der Waals surface area contributed by atoms with E-state index in [1.165, 1.54) is 42.7 Å². The highest BCUT2D eigenvalue weighted by Gasteiger charge is 2.24. The van der Waals surface area contributed by atoms with Crippen molar-refractivity contribution in [2.75, 3.05) is 35.4 Å². The molecule has 2 amide bonds. The Labute approximate surface area is 350 Å². The standard InChI is InChI=1S/C20H18Cl2FN5O2.C18H14Cl2FN5O2/c1-11(17-13(21)4-5-14(23)18(17)22)30-16-10-15(26-27-19(16)28(2)3)20(29)25-12-6-8-24-9-7-12;1-9(15-11(19)2-3-12(21)16(15)20)28-14-8-13(25-26-17(14)22)18(27)24-10-4-6-23-7-5-10/h4-11H,1-3H3,(H,24,25,29);2-9H,1H3,(H2,22,26)(H,23,24,27). The van der Waals surface area contributed by atoms with Crippen LogP contribution in [0.4, 0.5) is 31.8 Å². The van der Waals surface area contributed by atoms with Gasteiger partial charge in [-0.1, -0.05) is 46.4 Å². The predicted octanol–water partition coefficient (Wildman–Crippen LogP) is 9.07. The third-order valence-corrected chi connectivity index (χ3v) is 9.30. The predicted molar refractivity (Wildman–Crippen MR) is 218 cm³/mol. The minimum Gasteiger partial charge on any atom is -0.482 e. The van der Waals surface area contributed by atoms with Crippen LogP contribution in [-0.4, -0.2) is 56.3 Å². The summed E-state index contributed by atoms with van der Waals surface area (Å²) in [5.41, 5.74) is 7.45. The molecule has 0 spiro atoms. The van der Waals surface area contributed by atoms with Crippen LogP contribution in [0.1, 0.15) is 58.2 Å². The van der Waals surface area contributed by atoms with Gasteiger partial charge in [-0.3, -0.25) is 19.6 Å². The first kappa shape index (κ1) is 43.2. The van der Waals surface area contributed by atoms with Crippen molar-refractivity contribution < 1.29 is 27.8 Å². The summed E-state index contributed by atoms with van der Waals surface area (Å²) >= 11 is 24.4. The van der Waals surface area contributed by atoms with E-state index in [1.807, 2.05) is 0 Å². The normalized spacial score (nSPS) is 11.7. The largest absolute Gasteiger partial charge is 0.482 e. The van der Waals surface area contributed by atoms with Crippen molar-refractivity contribution in [3.63, 3.8) is 0 Å². The van der Waals surface area contributed by atoms with Crippen LogP contribution in [0.3, 0.4) is 0 Å². The molecule has 0 aliphatic carbocycles. The van der Waals surface area contributed by atoms with Gasteiger partial charge in [0.05, 0.1) is 10.0 Å². The summed E-state index contributed by atoms with van der Waals surface area (Å²) < 4.78 is 39.4. The number of hydrogen-bond donors (Lipinski definition) is 3. The van der Waals surface area contributed by atoms with Crippen LogP contribution < -0.4 is 30.7 Å². The van der Waals surface area contributed by atoms with Gasteiger partial charge < -0.3 is 30.7 Å². The van der Waals surface area contributed by atoms with Crippen molar-refractivity contribution in [3.05, 3.63) is 140 Å². The number of benzene rings is 2. The summed E-state index contributed by atoms with van der Waals surface area (Å²) in [6.07, 6.45) is 4.69. The molecule has 0 bridgehead atoms.